The van der Waals surface area contributed by atoms with Gasteiger partial charge < -0.3 is 33.9 Å². The van der Waals surface area contributed by atoms with Gasteiger partial charge in [0.2, 0.25) is 24.4 Å². The number of rotatable bonds is 7. The largest absolute Gasteiger partial charge is 0.493 e. The molecule has 2 aliphatic rings. The van der Waals surface area contributed by atoms with Gasteiger partial charge in [-0.15, -0.1) is 0 Å². The molecule has 0 atom stereocenters. The van der Waals surface area contributed by atoms with Crippen molar-refractivity contribution >= 4 is 23.6 Å². The normalized spacial score (nSPS) is 15.3. The molecule has 2 aliphatic heterocycles. The van der Waals surface area contributed by atoms with Crippen molar-refractivity contribution in [1.29, 1.82) is 0 Å². The molecule has 0 aliphatic carbocycles. The maximum atomic E-state index is 12.7. The quantitative estimate of drug-likeness (QED) is 0.623. The second kappa shape index (κ2) is 10.4. The zero-order valence-electron chi connectivity index (χ0n) is 19.5. The lowest BCUT2D eigenvalue weighted by molar-refractivity contribution is -0.130. The van der Waals surface area contributed by atoms with Crippen molar-refractivity contribution in [3.63, 3.8) is 0 Å². The Labute approximate surface area is 198 Å². The maximum absolute atomic E-state index is 12.7. The lowest BCUT2D eigenvalue weighted by Crippen LogP contribution is -2.40. The number of anilines is 1. The molecular weight excluding hydrogens is 440 g/mol. The fourth-order valence-corrected chi connectivity index (χ4v) is 4.05. The van der Waals surface area contributed by atoms with Crippen LogP contribution >= 0.6 is 0 Å². The molecule has 2 aromatic carbocycles. The van der Waals surface area contributed by atoms with Gasteiger partial charge in [-0.05, 0) is 48.7 Å². The third-order valence-electron chi connectivity index (χ3n) is 5.92. The number of nitrogens with zero attached hydrogens (tertiary/aromatic N) is 1. The summed E-state index contributed by atoms with van der Waals surface area (Å²) >= 11 is 0. The summed E-state index contributed by atoms with van der Waals surface area (Å²) in [4.78, 5) is 27.1. The number of hydrogen-bond acceptors (Lipinski definition) is 7. The molecule has 9 nitrogen and oxygen atoms in total. The number of likely N-dealkylation sites (tertiary alicyclic amines) is 1. The topological polar surface area (TPSA) is 95.6 Å². The highest BCUT2D eigenvalue weighted by atomic mass is 16.7. The van der Waals surface area contributed by atoms with Gasteiger partial charge in [0.05, 0.1) is 21.3 Å². The van der Waals surface area contributed by atoms with Crippen molar-refractivity contribution in [2.75, 3.05) is 46.5 Å². The Morgan fingerprint density at radius 1 is 0.971 bits per heavy atom. The van der Waals surface area contributed by atoms with Gasteiger partial charge in [0.1, 0.15) is 0 Å². The molecule has 0 radical (unpaired) electrons. The van der Waals surface area contributed by atoms with Crippen molar-refractivity contribution in [1.82, 2.24) is 4.90 Å². The van der Waals surface area contributed by atoms with E-state index < -0.39 is 0 Å². The van der Waals surface area contributed by atoms with Crippen LogP contribution in [0.15, 0.2) is 36.4 Å². The third-order valence-corrected chi connectivity index (χ3v) is 5.92. The number of ether oxygens (including phenoxy) is 5. The summed E-state index contributed by atoms with van der Waals surface area (Å²) in [5, 5.41) is 2.94. The van der Waals surface area contributed by atoms with Crippen LogP contribution in [0, 0.1) is 5.92 Å². The fraction of sp³-hybridized carbons (Fsp3) is 0.360. The van der Waals surface area contributed by atoms with Gasteiger partial charge >= 0.3 is 0 Å². The summed E-state index contributed by atoms with van der Waals surface area (Å²) in [7, 11) is 4.63. The van der Waals surface area contributed by atoms with E-state index in [-0.39, 0.29) is 24.5 Å². The van der Waals surface area contributed by atoms with Gasteiger partial charge in [-0.2, -0.15) is 0 Å². The molecule has 2 heterocycles. The Morgan fingerprint density at radius 3 is 2.29 bits per heavy atom. The van der Waals surface area contributed by atoms with Crippen LogP contribution < -0.4 is 29.0 Å². The molecular formula is C25H28N2O7. The Kier molecular flexibility index (Phi) is 7.10. The minimum Gasteiger partial charge on any atom is -0.493 e. The molecule has 2 amide bonds. The molecule has 0 unspecified atom stereocenters. The second-order valence-corrected chi connectivity index (χ2v) is 7.95. The van der Waals surface area contributed by atoms with Crippen molar-refractivity contribution in [3.05, 3.63) is 42.0 Å². The van der Waals surface area contributed by atoms with Gasteiger partial charge in [-0.3, -0.25) is 9.59 Å². The maximum Gasteiger partial charge on any atom is 0.246 e. The molecule has 1 saturated heterocycles. The predicted octanol–water partition coefficient (Wildman–Crippen LogP) is 3.33. The van der Waals surface area contributed by atoms with Crippen LogP contribution in [-0.2, 0) is 9.59 Å². The summed E-state index contributed by atoms with van der Waals surface area (Å²) in [5.74, 6) is 2.50. The van der Waals surface area contributed by atoms with Gasteiger partial charge in [0.15, 0.2) is 23.0 Å². The van der Waals surface area contributed by atoms with E-state index in [1.54, 1.807) is 62.6 Å². The van der Waals surface area contributed by atoms with Gasteiger partial charge in [0.25, 0.3) is 0 Å². The number of fused-ring (bicyclic) bond motifs is 1. The number of amides is 2. The number of carbonyl (C=O) groups excluding carboxylic acids is 2. The fourth-order valence-electron chi connectivity index (χ4n) is 4.05. The predicted molar refractivity (Wildman–Crippen MR) is 126 cm³/mol. The van der Waals surface area contributed by atoms with Crippen LogP contribution in [0.4, 0.5) is 5.69 Å². The average molecular weight is 469 g/mol. The van der Waals surface area contributed by atoms with E-state index in [1.807, 2.05) is 0 Å². The number of benzene rings is 2. The van der Waals surface area contributed by atoms with E-state index in [0.29, 0.717) is 60.4 Å². The molecule has 34 heavy (non-hydrogen) atoms. The smallest absolute Gasteiger partial charge is 0.246 e. The lowest BCUT2D eigenvalue weighted by Gasteiger charge is -2.30. The molecule has 9 heteroatoms. The Hall–Kier alpha value is -3.88. The zero-order valence-corrected chi connectivity index (χ0v) is 19.5. The monoisotopic (exact) mass is 468 g/mol. The molecule has 0 saturated carbocycles. The van der Waals surface area contributed by atoms with E-state index in [9.17, 15) is 9.59 Å². The summed E-state index contributed by atoms with van der Waals surface area (Å²) < 4.78 is 26.7. The minimum atomic E-state index is -0.159. The first-order valence-corrected chi connectivity index (χ1v) is 11.0. The lowest BCUT2D eigenvalue weighted by atomic mass is 9.95. The van der Waals surface area contributed by atoms with Gasteiger partial charge in [-0.1, -0.05) is 0 Å². The Bertz CT molecular complexity index is 1070. The first kappa shape index (κ1) is 23.3. The molecule has 0 spiro atoms. The van der Waals surface area contributed by atoms with Crippen molar-refractivity contribution in [2.45, 2.75) is 12.8 Å². The molecule has 0 bridgehead atoms. The minimum absolute atomic E-state index is 0.0565. The summed E-state index contributed by atoms with van der Waals surface area (Å²) in [5.41, 5.74) is 1.42. The SMILES string of the molecule is COc1cc(/C=C/C(=O)N2CCC(C(=O)Nc3ccc4c(c3)OCO4)CC2)cc(OC)c1OC. The molecule has 1 N–H and O–H groups in total. The molecule has 4 rings (SSSR count). The summed E-state index contributed by atoms with van der Waals surface area (Å²) in [6.45, 7) is 1.21. The third kappa shape index (κ3) is 5.03. The van der Waals surface area contributed by atoms with Crippen LogP contribution in [0.1, 0.15) is 18.4 Å². The number of nitrogens with one attached hydrogen (secondary N) is 1. The zero-order chi connectivity index (χ0) is 24.1. The highest BCUT2D eigenvalue weighted by Gasteiger charge is 2.27. The second-order valence-electron chi connectivity index (χ2n) is 7.95. The van der Waals surface area contributed by atoms with E-state index >= 15 is 0 Å². The van der Waals surface area contributed by atoms with E-state index in [2.05, 4.69) is 5.32 Å². The first-order chi connectivity index (χ1) is 16.5. The Morgan fingerprint density at radius 2 is 1.65 bits per heavy atom. The van der Waals surface area contributed by atoms with Crippen LogP contribution in [-0.4, -0.2) is 57.9 Å². The number of carbonyl (C=O) groups is 2. The molecule has 0 aromatic heterocycles. The Balaban J connectivity index is 1.32. The molecule has 180 valence electrons. The standard InChI is InChI=1S/C25H28N2O7/c1-30-21-12-16(13-22(31-2)24(21)32-3)4-7-23(28)27-10-8-17(9-11-27)25(29)26-18-5-6-19-20(14-18)34-15-33-19/h4-7,12-14,17H,8-11,15H2,1-3H3,(H,26,29)/b7-4+. The van der Waals surface area contributed by atoms with Crippen LogP contribution in [0.25, 0.3) is 6.08 Å². The van der Waals surface area contributed by atoms with E-state index in [4.69, 9.17) is 23.7 Å². The summed E-state index contributed by atoms with van der Waals surface area (Å²) in [6.07, 6.45) is 4.43. The van der Waals surface area contributed by atoms with Crippen molar-refractivity contribution in [3.8, 4) is 28.7 Å². The molecule has 2 aromatic rings. The molecule has 1 fully saturated rings. The highest BCUT2D eigenvalue weighted by Crippen LogP contribution is 2.38. The van der Waals surface area contributed by atoms with Crippen molar-refractivity contribution in [2.24, 2.45) is 5.92 Å². The first-order valence-electron chi connectivity index (χ1n) is 11.0. The highest BCUT2D eigenvalue weighted by molar-refractivity contribution is 5.94. The van der Waals surface area contributed by atoms with Crippen LogP contribution in [0.3, 0.4) is 0 Å². The number of hydrogen-bond donors (Lipinski definition) is 1. The number of methoxy groups -OCH3 is 3. The van der Waals surface area contributed by atoms with Crippen LogP contribution in [0.2, 0.25) is 0 Å². The van der Waals surface area contributed by atoms with Crippen LogP contribution in [0.5, 0.6) is 28.7 Å². The van der Waals surface area contributed by atoms with Crippen molar-refractivity contribution < 1.29 is 33.3 Å². The average Bonchev–Trinajstić information content (AvgIpc) is 3.34. The van der Waals surface area contributed by atoms with E-state index in [0.717, 1.165) is 5.56 Å². The van der Waals surface area contributed by atoms with Gasteiger partial charge in [0, 0.05) is 36.8 Å². The van der Waals surface area contributed by atoms with Gasteiger partial charge in [-0.25, -0.2) is 0 Å². The van der Waals surface area contributed by atoms with E-state index in [1.165, 1.54) is 6.08 Å². The summed E-state index contributed by atoms with van der Waals surface area (Å²) in [6, 6.07) is 8.88. The number of piperidine rings is 1.